The molecule has 0 spiro atoms. The lowest BCUT2D eigenvalue weighted by atomic mass is 9.95. The highest BCUT2D eigenvalue weighted by molar-refractivity contribution is 9.10. The Balaban J connectivity index is 1.63. The van der Waals surface area contributed by atoms with Gasteiger partial charge in [-0.05, 0) is 61.2 Å². The predicted octanol–water partition coefficient (Wildman–Crippen LogP) is 5.04. The van der Waals surface area contributed by atoms with Crippen LogP contribution in [0.25, 0.3) is 0 Å². The Labute approximate surface area is 144 Å². The van der Waals surface area contributed by atoms with Crippen molar-refractivity contribution in [1.29, 1.82) is 0 Å². The first kappa shape index (κ1) is 16.2. The highest BCUT2D eigenvalue weighted by atomic mass is 79.9. The molecule has 0 amide bonds. The van der Waals surface area contributed by atoms with Crippen molar-refractivity contribution in [3.63, 3.8) is 0 Å². The average Bonchev–Trinajstić information content (AvgIpc) is 2.56. The number of phenols is 1. The molecule has 2 aromatic carbocycles. The molecule has 0 unspecified atom stereocenters. The van der Waals surface area contributed by atoms with Crippen LogP contribution in [0, 0.1) is 0 Å². The SMILES string of the molecule is O=C(C[C@@H]1CCC[C@H](c2ccc(Br)cc2)O1)c1ccc(O)cc1. The molecule has 1 fully saturated rings. The minimum absolute atomic E-state index is 0.0429. The first-order valence-electron chi connectivity index (χ1n) is 7.85. The minimum Gasteiger partial charge on any atom is -0.508 e. The lowest BCUT2D eigenvalue weighted by molar-refractivity contribution is -0.0508. The fourth-order valence-corrected chi connectivity index (χ4v) is 3.21. The van der Waals surface area contributed by atoms with Crippen molar-refractivity contribution in [2.24, 2.45) is 0 Å². The number of Topliss-reactive ketones (excluding diaryl/α,β-unsaturated/α-hetero) is 1. The van der Waals surface area contributed by atoms with Gasteiger partial charge in [0, 0.05) is 16.5 Å². The third kappa shape index (κ3) is 4.21. The minimum atomic E-state index is -0.0429. The number of aromatic hydroxyl groups is 1. The highest BCUT2D eigenvalue weighted by Crippen LogP contribution is 2.33. The lowest BCUT2D eigenvalue weighted by Crippen LogP contribution is -2.25. The van der Waals surface area contributed by atoms with Gasteiger partial charge in [0.2, 0.25) is 0 Å². The van der Waals surface area contributed by atoms with Gasteiger partial charge in [-0.15, -0.1) is 0 Å². The zero-order valence-corrected chi connectivity index (χ0v) is 14.3. The van der Waals surface area contributed by atoms with Crippen LogP contribution >= 0.6 is 15.9 Å². The van der Waals surface area contributed by atoms with E-state index in [4.69, 9.17) is 4.74 Å². The van der Waals surface area contributed by atoms with Gasteiger partial charge in [0.15, 0.2) is 5.78 Å². The number of ether oxygens (including phenoxy) is 1. The second-order valence-corrected chi connectivity index (χ2v) is 6.82. The van der Waals surface area contributed by atoms with E-state index < -0.39 is 0 Å². The Bertz CT molecular complexity index is 664. The van der Waals surface area contributed by atoms with E-state index in [1.54, 1.807) is 24.3 Å². The second kappa shape index (κ2) is 7.28. The van der Waals surface area contributed by atoms with Crippen molar-refractivity contribution in [2.45, 2.75) is 37.9 Å². The molecule has 1 N–H and O–H groups in total. The summed E-state index contributed by atoms with van der Waals surface area (Å²) in [4.78, 5) is 12.3. The first-order valence-corrected chi connectivity index (χ1v) is 8.64. The van der Waals surface area contributed by atoms with Crippen molar-refractivity contribution < 1.29 is 14.6 Å². The number of halogens is 1. The smallest absolute Gasteiger partial charge is 0.165 e. The Hall–Kier alpha value is -1.65. The molecular weight excluding hydrogens is 356 g/mol. The standard InChI is InChI=1S/C19H19BrO3/c20-15-8-4-14(5-9-15)19-3-1-2-17(23-19)12-18(22)13-6-10-16(21)11-7-13/h4-11,17,19,21H,1-3,12H2/t17-,19+/m0/s1. The van der Waals surface area contributed by atoms with Crippen molar-refractivity contribution in [3.05, 3.63) is 64.1 Å². The molecular formula is C19H19BrO3. The number of rotatable bonds is 4. The van der Waals surface area contributed by atoms with E-state index >= 15 is 0 Å². The number of ketones is 1. The summed E-state index contributed by atoms with van der Waals surface area (Å²) < 4.78 is 7.19. The largest absolute Gasteiger partial charge is 0.508 e. The number of hydrogen-bond donors (Lipinski definition) is 1. The number of phenolic OH excluding ortho intramolecular Hbond substituents is 1. The third-order valence-electron chi connectivity index (χ3n) is 4.19. The van der Waals surface area contributed by atoms with Gasteiger partial charge in [0.25, 0.3) is 0 Å². The fraction of sp³-hybridized carbons (Fsp3) is 0.316. The summed E-state index contributed by atoms with van der Waals surface area (Å²) in [5.41, 5.74) is 1.78. The maximum Gasteiger partial charge on any atom is 0.165 e. The molecule has 23 heavy (non-hydrogen) atoms. The van der Waals surface area contributed by atoms with E-state index in [0.717, 1.165) is 29.3 Å². The van der Waals surface area contributed by atoms with E-state index in [-0.39, 0.29) is 23.7 Å². The summed E-state index contributed by atoms with van der Waals surface area (Å²) in [6.07, 6.45) is 3.38. The molecule has 1 saturated heterocycles. The molecule has 0 radical (unpaired) electrons. The molecule has 120 valence electrons. The summed E-state index contributed by atoms with van der Waals surface area (Å²) >= 11 is 3.44. The van der Waals surface area contributed by atoms with Crippen LogP contribution in [0.5, 0.6) is 5.75 Å². The molecule has 0 aromatic heterocycles. The lowest BCUT2D eigenvalue weighted by Gasteiger charge is -2.30. The summed E-state index contributed by atoms with van der Waals surface area (Å²) in [5, 5.41) is 9.30. The highest BCUT2D eigenvalue weighted by Gasteiger charge is 2.25. The van der Waals surface area contributed by atoms with Crippen molar-refractivity contribution in [2.75, 3.05) is 0 Å². The van der Waals surface area contributed by atoms with Gasteiger partial charge in [-0.1, -0.05) is 28.1 Å². The zero-order valence-electron chi connectivity index (χ0n) is 12.7. The van der Waals surface area contributed by atoms with E-state index in [2.05, 4.69) is 28.1 Å². The summed E-state index contributed by atoms with van der Waals surface area (Å²) in [6, 6.07) is 14.6. The summed E-state index contributed by atoms with van der Waals surface area (Å²) in [7, 11) is 0. The zero-order chi connectivity index (χ0) is 16.2. The van der Waals surface area contributed by atoms with E-state index in [1.807, 2.05) is 12.1 Å². The van der Waals surface area contributed by atoms with Crippen LogP contribution in [-0.2, 0) is 4.74 Å². The summed E-state index contributed by atoms with van der Waals surface area (Å²) in [6.45, 7) is 0. The van der Waals surface area contributed by atoms with Crippen LogP contribution in [0.3, 0.4) is 0 Å². The Morgan fingerprint density at radius 1 is 1.09 bits per heavy atom. The molecule has 4 heteroatoms. The average molecular weight is 375 g/mol. The van der Waals surface area contributed by atoms with Crippen LogP contribution in [0.4, 0.5) is 0 Å². The Kier molecular flexibility index (Phi) is 5.13. The van der Waals surface area contributed by atoms with Gasteiger partial charge in [0.1, 0.15) is 5.75 Å². The van der Waals surface area contributed by atoms with Crippen molar-refractivity contribution in [1.82, 2.24) is 0 Å². The van der Waals surface area contributed by atoms with E-state index in [1.165, 1.54) is 0 Å². The molecule has 0 bridgehead atoms. The maximum atomic E-state index is 12.3. The van der Waals surface area contributed by atoms with E-state index in [0.29, 0.717) is 12.0 Å². The maximum absolute atomic E-state index is 12.3. The first-order chi connectivity index (χ1) is 11.1. The van der Waals surface area contributed by atoms with Crippen LogP contribution in [-0.4, -0.2) is 17.0 Å². The number of hydrogen-bond acceptors (Lipinski definition) is 3. The van der Waals surface area contributed by atoms with Gasteiger partial charge in [-0.25, -0.2) is 0 Å². The molecule has 0 saturated carbocycles. The second-order valence-electron chi connectivity index (χ2n) is 5.90. The van der Waals surface area contributed by atoms with Gasteiger partial charge in [0.05, 0.1) is 12.2 Å². The van der Waals surface area contributed by atoms with Gasteiger partial charge >= 0.3 is 0 Å². The van der Waals surface area contributed by atoms with Gasteiger partial charge in [-0.3, -0.25) is 4.79 Å². The number of benzene rings is 2. The Morgan fingerprint density at radius 2 is 1.78 bits per heavy atom. The number of carbonyl (C=O) groups excluding carboxylic acids is 1. The fourth-order valence-electron chi connectivity index (χ4n) is 2.94. The Morgan fingerprint density at radius 3 is 2.48 bits per heavy atom. The topological polar surface area (TPSA) is 46.5 Å². The molecule has 3 rings (SSSR count). The normalized spacial score (nSPS) is 21.1. The van der Waals surface area contributed by atoms with Crippen LogP contribution in [0.15, 0.2) is 53.0 Å². The van der Waals surface area contributed by atoms with Gasteiger partial charge in [-0.2, -0.15) is 0 Å². The quantitative estimate of drug-likeness (QED) is 0.762. The molecule has 3 nitrogen and oxygen atoms in total. The number of carbonyl (C=O) groups is 1. The molecule has 2 atom stereocenters. The van der Waals surface area contributed by atoms with Crippen molar-refractivity contribution in [3.8, 4) is 5.75 Å². The van der Waals surface area contributed by atoms with Crippen LogP contribution < -0.4 is 0 Å². The van der Waals surface area contributed by atoms with Crippen LogP contribution in [0.1, 0.15) is 47.7 Å². The van der Waals surface area contributed by atoms with Crippen molar-refractivity contribution >= 4 is 21.7 Å². The predicted molar refractivity (Wildman–Crippen MR) is 92.7 cm³/mol. The molecule has 1 aliphatic heterocycles. The molecule has 1 heterocycles. The van der Waals surface area contributed by atoms with E-state index in [9.17, 15) is 9.90 Å². The van der Waals surface area contributed by atoms with Crippen LogP contribution in [0.2, 0.25) is 0 Å². The third-order valence-corrected chi connectivity index (χ3v) is 4.72. The van der Waals surface area contributed by atoms with Gasteiger partial charge < -0.3 is 9.84 Å². The summed E-state index contributed by atoms with van der Waals surface area (Å²) in [5.74, 6) is 0.234. The molecule has 1 aliphatic rings. The molecule has 0 aliphatic carbocycles. The molecule has 2 aromatic rings. The monoisotopic (exact) mass is 374 g/mol.